The molecular formula is C18H14Cl2O2. The minimum absolute atomic E-state index is 0.224. The van der Waals surface area contributed by atoms with Crippen LogP contribution in [0.5, 0.6) is 0 Å². The Balaban J connectivity index is 2.30. The summed E-state index contributed by atoms with van der Waals surface area (Å²) in [4.78, 5) is 12.9. The van der Waals surface area contributed by atoms with Crippen molar-refractivity contribution in [3.8, 4) is 0 Å². The molecule has 0 N–H and O–H groups in total. The second-order valence-electron chi connectivity index (χ2n) is 5.40. The molecule has 1 heterocycles. The number of ketones is 1. The van der Waals surface area contributed by atoms with E-state index in [1.165, 1.54) is 0 Å². The summed E-state index contributed by atoms with van der Waals surface area (Å²) in [5.74, 6) is 0.581. The van der Waals surface area contributed by atoms with Crippen LogP contribution >= 0.6 is 23.2 Å². The normalized spacial score (nSPS) is 11.1. The van der Waals surface area contributed by atoms with E-state index in [2.05, 4.69) is 0 Å². The van der Waals surface area contributed by atoms with E-state index in [4.69, 9.17) is 27.6 Å². The van der Waals surface area contributed by atoms with Crippen molar-refractivity contribution in [1.82, 2.24) is 0 Å². The fourth-order valence-corrected chi connectivity index (χ4v) is 3.17. The van der Waals surface area contributed by atoms with Gasteiger partial charge in [-0.25, -0.2) is 0 Å². The fourth-order valence-electron chi connectivity index (χ4n) is 2.60. The van der Waals surface area contributed by atoms with Crippen molar-refractivity contribution in [3.05, 3.63) is 68.4 Å². The lowest BCUT2D eigenvalue weighted by atomic mass is 9.98. The number of benzene rings is 2. The predicted octanol–water partition coefficient (Wildman–Crippen LogP) is 5.90. The highest BCUT2D eigenvalue weighted by Crippen LogP contribution is 2.33. The van der Waals surface area contributed by atoms with Crippen LogP contribution in [0.3, 0.4) is 0 Å². The van der Waals surface area contributed by atoms with Crippen LogP contribution in [0.4, 0.5) is 0 Å². The standard InChI is InChI=1S/C18H14Cl2O2/c1-9-7-12-10(2)11(3)22-18(12)13(8-9)17(21)16-14(19)5-4-6-15(16)20/h4-8H,1-3H3. The van der Waals surface area contributed by atoms with E-state index in [9.17, 15) is 4.79 Å². The van der Waals surface area contributed by atoms with Gasteiger partial charge in [0.15, 0.2) is 5.78 Å². The SMILES string of the molecule is Cc1cc(C(=O)c2c(Cl)cccc2Cl)c2oc(C)c(C)c2c1. The molecule has 0 amide bonds. The average molecular weight is 333 g/mol. The molecule has 0 spiro atoms. The Morgan fingerprint density at radius 2 is 1.68 bits per heavy atom. The maximum atomic E-state index is 12.9. The maximum absolute atomic E-state index is 12.9. The van der Waals surface area contributed by atoms with Crippen molar-refractivity contribution in [2.45, 2.75) is 20.8 Å². The van der Waals surface area contributed by atoms with E-state index >= 15 is 0 Å². The highest BCUT2D eigenvalue weighted by atomic mass is 35.5. The maximum Gasteiger partial charge on any atom is 0.199 e. The predicted molar refractivity (Wildman–Crippen MR) is 90.3 cm³/mol. The molecule has 0 bridgehead atoms. The van der Waals surface area contributed by atoms with Crippen molar-refractivity contribution in [3.63, 3.8) is 0 Å². The van der Waals surface area contributed by atoms with Crippen LogP contribution in [0, 0.1) is 20.8 Å². The van der Waals surface area contributed by atoms with E-state index in [0.29, 0.717) is 26.8 Å². The number of carbonyl (C=O) groups excluding carboxylic acids is 1. The minimum atomic E-state index is -0.224. The zero-order chi connectivity index (χ0) is 16.0. The van der Waals surface area contributed by atoms with Gasteiger partial charge >= 0.3 is 0 Å². The quantitative estimate of drug-likeness (QED) is 0.547. The molecule has 0 unspecified atom stereocenters. The number of carbonyl (C=O) groups is 1. The van der Waals surface area contributed by atoms with Crippen molar-refractivity contribution in [2.75, 3.05) is 0 Å². The molecule has 0 radical (unpaired) electrons. The molecule has 22 heavy (non-hydrogen) atoms. The molecule has 3 rings (SSSR count). The summed E-state index contributed by atoms with van der Waals surface area (Å²) in [5.41, 5.74) is 3.41. The Labute approximate surface area is 138 Å². The molecule has 2 nitrogen and oxygen atoms in total. The van der Waals surface area contributed by atoms with Crippen LogP contribution in [-0.4, -0.2) is 5.78 Å². The number of halogens is 2. The second kappa shape index (κ2) is 5.45. The number of rotatable bonds is 2. The van der Waals surface area contributed by atoms with Gasteiger partial charge in [0, 0.05) is 5.39 Å². The fraction of sp³-hybridized carbons (Fsp3) is 0.167. The summed E-state index contributed by atoms with van der Waals surface area (Å²) >= 11 is 12.3. The zero-order valence-corrected chi connectivity index (χ0v) is 14.0. The number of fused-ring (bicyclic) bond motifs is 1. The van der Waals surface area contributed by atoms with Crippen molar-refractivity contribution < 1.29 is 9.21 Å². The number of furan rings is 1. The zero-order valence-electron chi connectivity index (χ0n) is 12.5. The molecule has 4 heteroatoms. The molecule has 0 aliphatic rings. The van der Waals surface area contributed by atoms with Gasteiger partial charge in [0.2, 0.25) is 0 Å². The highest BCUT2D eigenvalue weighted by Gasteiger charge is 2.22. The van der Waals surface area contributed by atoms with E-state index in [0.717, 1.165) is 22.3 Å². The minimum Gasteiger partial charge on any atom is -0.460 e. The van der Waals surface area contributed by atoms with Crippen LogP contribution in [0.15, 0.2) is 34.7 Å². The molecule has 0 atom stereocenters. The third kappa shape index (κ3) is 2.33. The Hall–Kier alpha value is -1.77. The molecule has 0 saturated carbocycles. The number of aryl methyl sites for hydroxylation is 3. The van der Waals surface area contributed by atoms with Crippen LogP contribution in [0.25, 0.3) is 11.0 Å². The van der Waals surface area contributed by atoms with Gasteiger partial charge in [0.05, 0.1) is 21.2 Å². The summed E-state index contributed by atoms with van der Waals surface area (Å²) in [6.07, 6.45) is 0. The Kier molecular flexibility index (Phi) is 3.75. The Morgan fingerprint density at radius 1 is 1.05 bits per heavy atom. The van der Waals surface area contributed by atoms with Crippen molar-refractivity contribution >= 4 is 40.0 Å². The van der Waals surface area contributed by atoms with Gasteiger partial charge in [-0.3, -0.25) is 4.79 Å². The van der Waals surface area contributed by atoms with Crippen LogP contribution in [0.1, 0.15) is 32.8 Å². The summed E-state index contributed by atoms with van der Waals surface area (Å²) in [6, 6.07) is 8.87. The van der Waals surface area contributed by atoms with Gasteiger partial charge in [0.1, 0.15) is 11.3 Å². The lowest BCUT2D eigenvalue weighted by Crippen LogP contribution is -2.04. The molecule has 2 aromatic carbocycles. The van der Waals surface area contributed by atoms with Crippen molar-refractivity contribution in [1.29, 1.82) is 0 Å². The van der Waals surface area contributed by atoms with Gasteiger partial charge < -0.3 is 4.42 Å². The summed E-state index contributed by atoms with van der Waals surface area (Å²) in [5, 5.41) is 1.63. The van der Waals surface area contributed by atoms with E-state index in [1.54, 1.807) is 18.2 Å². The van der Waals surface area contributed by atoms with Gasteiger partial charge in [-0.05, 0) is 56.2 Å². The first-order valence-electron chi connectivity index (χ1n) is 6.89. The molecule has 0 aliphatic carbocycles. The number of hydrogen-bond acceptors (Lipinski definition) is 2. The average Bonchev–Trinajstić information content (AvgIpc) is 2.74. The highest BCUT2D eigenvalue weighted by molar-refractivity contribution is 6.41. The summed E-state index contributed by atoms with van der Waals surface area (Å²) < 4.78 is 5.80. The lowest BCUT2D eigenvalue weighted by Gasteiger charge is -2.07. The first-order chi connectivity index (χ1) is 10.4. The smallest absolute Gasteiger partial charge is 0.199 e. The molecule has 1 aromatic heterocycles. The second-order valence-corrected chi connectivity index (χ2v) is 6.21. The Bertz CT molecular complexity index is 887. The molecule has 0 aliphatic heterocycles. The first kappa shape index (κ1) is 15.1. The van der Waals surface area contributed by atoms with Gasteiger partial charge in [0.25, 0.3) is 0 Å². The molecule has 0 saturated heterocycles. The topological polar surface area (TPSA) is 30.2 Å². The third-order valence-electron chi connectivity index (χ3n) is 3.85. The first-order valence-corrected chi connectivity index (χ1v) is 7.64. The monoisotopic (exact) mass is 332 g/mol. The van der Waals surface area contributed by atoms with E-state index < -0.39 is 0 Å². The van der Waals surface area contributed by atoms with Crippen LogP contribution in [-0.2, 0) is 0 Å². The lowest BCUT2D eigenvalue weighted by molar-refractivity contribution is 0.103. The summed E-state index contributed by atoms with van der Waals surface area (Å²) in [7, 11) is 0. The molecular weight excluding hydrogens is 319 g/mol. The van der Waals surface area contributed by atoms with Crippen LogP contribution in [0.2, 0.25) is 10.0 Å². The van der Waals surface area contributed by atoms with E-state index in [-0.39, 0.29) is 5.78 Å². The number of hydrogen-bond donors (Lipinski definition) is 0. The Morgan fingerprint density at radius 3 is 2.32 bits per heavy atom. The van der Waals surface area contributed by atoms with Gasteiger partial charge in [-0.2, -0.15) is 0 Å². The molecule has 0 fully saturated rings. The summed E-state index contributed by atoms with van der Waals surface area (Å²) in [6.45, 7) is 5.82. The third-order valence-corrected chi connectivity index (χ3v) is 4.48. The van der Waals surface area contributed by atoms with Gasteiger partial charge in [-0.15, -0.1) is 0 Å². The van der Waals surface area contributed by atoms with Crippen LogP contribution < -0.4 is 0 Å². The van der Waals surface area contributed by atoms with E-state index in [1.807, 2.05) is 32.9 Å². The van der Waals surface area contributed by atoms with Crippen molar-refractivity contribution in [2.24, 2.45) is 0 Å². The molecule has 112 valence electrons. The molecule has 3 aromatic rings. The largest absolute Gasteiger partial charge is 0.460 e. The van der Waals surface area contributed by atoms with Gasteiger partial charge in [-0.1, -0.05) is 29.3 Å².